The van der Waals surface area contributed by atoms with E-state index in [1.54, 1.807) is 18.2 Å². The Morgan fingerprint density at radius 1 is 1.31 bits per heavy atom. The molecule has 1 rings (SSSR count). The van der Waals surface area contributed by atoms with Gasteiger partial charge in [0, 0.05) is 12.1 Å². The fourth-order valence-electron chi connectivity index (χ4n) is 0.855. The quantitative estimate of drug-likeness (QED) is 0.688. The van der Waals surface area contributed by atoms with Gasteiger partial charge in [0.25, 0.3) is 0 Å². The number of hydrogen-bond donors (Lipinski definition) is 0. The van der Waals surface area contributed by atoms with Crippen molar-refractivity contribution in [3.05, 3.63) is 33.8 Å². The highest BCUT2D eigenvalue weighted by atomic mass is 35.5. The second-order valence-electron chi connectivity index (χ2n) is 2.39. The second kappa shape index (κ2) is 4.85. The van der Waals surface area contributed by atoms with Crippen LogP contribution in [0.4, 0.5) is 0 Å². The molecule has 0 spiro atoms. The van der Waals surface area contributed by atoms with Gasteiger partial charge in [-0.3, -0.25) is 4.99 Å². The summed E-state index contributed by atoms with van der Waals surface area (Å²) in [7, 11) is 0. The van der Waals surface area contributed by atoms with E-state index in [2.05, 4.69) is 4.99 Å². The molecule has 0 unspecified atom stereocenters. The minimum Gasteiger partial charge on any atom is -0.273 e. The largest absolute Gasteiger partial charge is 0.273 e. The van der Waals surface area contributed by atoms with Crippen LogP contribution in [-0.2, 0) is 0 Å². The molecule has 0 aliphatic rings. The molecule has 70 valence electrons. The topological polar surface area (TPSA) is 12.4 Å². The van der Waals surface area contributed by atoms with Crippen LogP contribution in [0.1, 0.15) is 12.5 Å². The fourth-order valence-corrected chi connectivity index (χ4v) is 1.39. The van der Waals surface area contributed by atoms with E-state index in [4.69, 9.17) is 34.8 Å². The lowest BCUT2D eigenvalue weighted by Crippen LogP contribution is -1.91. The summed E-state index contributed by atoms with van der Waals surface area (Å²) in [6.45, 7) is 2.57. The Morgan fingerprint density at radius 3 is 2.54 bits per heavy atom. The molecule has 0 saturated heterocycles. The van der Waals surface area contributed by atoms with Crippen molar-refractivity contribution in [2.45, 2.75) is 6.92 Å². The summed E-state index contributed by atoms with van der Waals surface area (Å²) in [5, 5.41) is 1.47. The van der Waals surface area contributed by atoms with Crippen LogP contribution in [0, 0.1) is 0 Å². The van der Waals surface area contributed by atoms with Crippen LogP contribution in [0.5, 0.6) is 0 Å². The van der Waals surface area contributed by atoms with Crippen LogP contribution in [0.15, 0.2) is 23.2 Å². The van der Waals surface area contributed by atoms with E-state index in [1.165, 1.54) is 0 Å². The molecule has 0 N–H and O–H groups in total. The smallest absolute Gasteiger partial charge is 0.130 e. The van der Waals surface area contributed by atoms with Crippen molar-refractivity contribution < 1.29 is 0 Å². The molecule has 4 heteroatoms. The van der Waals surface area contributed by atoms with E-state index in [0.29, 0.717) is 21.8 Å². The molecule has 0 aliphatic heterocycles. The number of nitrogens with zero attached hydrogens (tertiary/aromatic N) is 1. The molecule has 1 aromatic carbocycles. The Hall–Kier alpha value is -0.240. The Bertz CT molecular complexity index is 334. The predicted molar refractivity (Wildman–Crippen MR) is 59.4 cm³/mol. The maximum atomic E-state index is 5.88. The van der Waals surface area contributed by atoms with Crippen LogP contribution in [0.2, 0.25) is 10.0 Å². The number of aliphatic imine (C=N–C) groups is 1. The molecule has 0 atom stereocenters. The van der Waals surface area contributed by atoms with Crippen LogP contribution >= 0.6 is 34.8 Å². The summed E-state index contributed by atoms with van der Waals surface area (Å²) in [4.78, 5) is 4.05. The Morgan fingerprint density at radius 2 is 2.00 bits per heavy atom. The zero-order valence-corrected chi connectivity index (χ0v) is 9.29. The third-order valence-electron chi connectivity index (χ3n) is 1.45. The summed E-state index contributed by atoms with van der Waals surface area (Å²) >= 11 is 17.4. The molecule has 1 aromatic rings. The number of halogens is 3. The van der Waals surface area contributed by atoms with Crippen molar-refractivity contribution in [1.29, 1.82) is 0 Å². The lowest BCUT2D eigenvalue weighted by molar-refractivity contribution is 1.14. The third-order valence-corrected chi connectivity index (χ3v) is 2.53. The van der Waals surface area contributed by atoms with E-state index in [0.717, 1.165) is 5.56 Å². The normalized spacial score (nSPS) is 11.8. The van der Waals surface area contributed by atoms with E-state index < -0.39 is 0 Å². The molecule has 1 nitrogen and oxygen atoms in total. The molecule has 0 aliphatic carbocycles. The van der Waals surface area contributed by atoms with Crippen molar-refractivity contribution in [1.82, 2.24) is 0 Å². The molecule has 0 amide bonds. The summed E-state index contributed by atoms with van der Waals surface area (Å²) in [6, 6.07) is 5.19. The summed E-state index contributed by atoms with van der Waals surface area (Å²) in [5.74, 6) is 0. The Labute approximate surface area is 92.3 Å². The molecular weight excluding hydrogens is 228 g/mol. The van der Waals surface area contributed by atoms with E-state index in [-0.39, 0.29) is 0 Å². The van der Waals surface area contributed by atoms with Gasteiger partial charge in [0.2, 0.25) is 0 Å². The molecular formula is C9H8Cl3N. The molecule has 0 fully saturated rings. The molecule has 0 aromatic heterocycles. The molecule has 0 radical (unpaired) electrons. The first-order valence-electron chi connectivity index (χ1n) is 3.80. The summed E-state index contributed by atoms with van der Waals surface area (Å²) < 4.78 is 0. The van der Waals surface area contributed by atoms with Gasteiger partial charge in [0.05, 0.1) is 10.0 Å². The van der Waals surface area contributed by atoms with Crippen LogP contribution in [0.3, 0.4) is 0 Å². The minimum atomic E-state index is 0.459. The van der Waals surface area contributed by atoms with Crippen molar-refractivity contribution in [3.63, 3.8) is 0 Å². The van der Waals surface area contributed by atoms with Gasteiger partial charge in [-0.2, -0.15) is 0 Å². The standard InChI is InChI=1S/C9H8Cl3N/c1-2-13-9(12)6-3-4-7(10)8(11)5-6/h3-5H,2H2,1H3. The predicted octanol–water partition coefficient (Wildman–Crippen LogP) is 4.00. The molecule has 13 heavy (non-hydrogen) atoms. The lowest BCUT2D eigenvalue weighted by Gasteiger charge is -2.00. The molecule has 0 saturated carbocycles. The van der Waals surface area contributed by atoms with Crippen molar-refractivity contribution in [2.75, 3.05) is 6.54 Å². The van der Waals surface area contributed by atoms with Crippen LogP contribution < -0.4 is 0 Å². The highest BCUT2D eigenvalue weighted by molar-refractivity contribution is 6.69. The number of hydrogen-bond acceptors (Lipinski definition) is 1. The highest BCUT2D eigenvalue weighted by Gasteiger charge is 2.02. The van der Waals surface area contributed by atoms with Crippen LogP contribution in [0.25, 0.3) is 0 Å². The number of rotatable bonds is 2. The van der Waals surface area contributed by atoms with Gasteiger partial charge in [-0.1, -0.05) is 40.9 Å². The van der Waals surface area contributed by atoms with Gasteiger partial charge in [-0.25, -0.2) is 0 Å². The third kappa shape index (κ3) is 2.87. The maximum Gasteiger partial charge on any atom is 0.130 e. The average Bonchev–Trinajstić information content (AvgIpc) is 2.10. The first-order valence-corrected chi connectivity index (χ1v) is 4.94. The SMILES string of the molecule is CCN=C(Cl)c1ccc(Cl)c(Cl)c1. The monoisotopic (exact) mass is 235 g/mol. The van der Waals surface area contributed by atoms with E-state index in [1.807, 2.05) is 6.92 Å². The first-order chi connectivity index (χ1) is 6.15. The van der Waals surface area contributed by atoms with Gasteiger partial charge in [0.15, 0.2) is 0 Å². The van der Waals surface area contributed by atoms with Crippen molar-refractivity contribution >= 4 is 40.0 Å². The van der Waals surface area contributed by atoms with Crippen molar-refractivity contribution in [2.24, 2.45) is 4.99 Å². The lowest BCUT2D eigenvalue weighted by atomic mass is 10.2. The van der Waals surface area contributed by atoms with Gasteiger partial charge in [0.1, 0.15) is 5.17 Å². The van der Waals surface area contributed by atoms with Gasteiger partial charge in [-0.15, -0.1) is 0 Å². The van der Waals surface area contributed by atoms with Crippen molar-refractivity contribution in [3.8, 4) is 0 Å². The molecule has 0 bridgehead atoms. The zero-order chi connectivity index (χ0) is 9.84. The van der Waals surface area contributed by atoms with E-state index in [9.17, 15) is 0 Å². The maximum absolute atomic E-state index is 5.88. The van der Waals surface area contributed by atoms with Gasteiger partial charge >= 0.3 is 0 Å². The second-order valence-corrected chi connectivity index (χ2v) is 3.57. The highest BCUT2D eigenvalue weighted by Crippen LogP contribution is 2.23. The first kappa shape index (κ1) is 10.8. The molecule has 0 heterocycles. The van der Waals surface area contributed by atoms with E-state index >= 15 is 0 Å². The van der Waals surface area contributed by atoms with Gasteiger partial charge < -0.3 is 0 Å². The summed E-state index contributed by atoms with van der Waals surface area (Å²) in [5.41, 5.74) is 0.790. The zero-order valence-electron chi connectivity index (χ0n) is 7.02. The summed E-state index contributed by atoms with van der Waals surface area (Å²) in [6.07, 6.45) is 0. The Balaban J connectivity index is 3.04. The fraction of sp³-hybridized carbons (Fsp3) is 0.222. The van der Waals surface area contributed by atoms with Gasteiger partial charge in [-0.05, 0) is 19.1 Å². The Kier molecular flexibility index (Phi) is 4.04. The number of benzene rings is 1. The minimum absolute atomic E-state index is 0.459. The van der Waals surface area contributed by atoms with Crippen LogP contribution in [-0.4, -0.2) is 11.7 Å². The average molecular weight is 237 g/mol.